The molecule has 0 spiro atoms. The summed E-state index contributed by atoms with van der Waals surface area (Å²) in [6, 6.07) is 39.7. The summed E-state index contributed by atoms with van der Waals surface area (Å²) in [4.78, 5) is 11.5. The van der Waals surface area contributed by atoms with Gasteiger partial charge in [-0.15, -0.1) is 0 Å². The summed E-state index contributed by atoms with van der Waals surface area (Å²) in [5, 5.41) is 8.82. The number of fused-ring (bicyclic) bond motifs is 1. The van der Waals surface area contributed by atoms with Crippen LogP contribution in [0, 0.1) is 0 Å². The zero-order chi connectivity index (χ0) is 34.4. The van der Waals surface area contributed by atoms with Crippen molar-refractivity contribution in [2.75, 3.05) is 13.9 Å². The van der Waals surface area contributed by atoms with Gasteiger partial charge in [0.1, 0.15) is 18.1 Å². The lowest BCUT2D eigenvalue weighted by Gasteiger charge is -2.01. The first kappa shape index (κ1) is 38.9. The molecule has 6 nitrogen and oxygen atoms in total. The number of rotatable bonds is 8. The molecule has 0 radical (unpaired) electrons. The van der Waals surface area contributed by atoms with E-state index in [2.05, 4.69) is 19.7 Å². The van der Waals surface area contributed by atoms with E-state index < -0.39 is 0 Å². The maximum Gasteiger partial charge on any atom is 0.331 e. The summed E-state index contributed by atoms with van der Waals surface area (Å²) < 4.78 is 20.4. The number of hydrogen-bond acceptors (Lipinski definition) is 6. The number of carbonyl (C=O) groups is 1. The highest BCUT2D eigenvalue weighted by Gasteiger charge is 2.11. The van der Waals surface area contributed by atoms with Crippen molar-refractivity contribution in [2.45, 2.75) is 14.0 Å². The molecule has 1 aliphatic rings. The molecule has 49 heavy (non-hydrogen) atoms. The number of ether oxygens (including phenoxy) is 4. The smallest absolute Gasteiger partial charge is 0.331 e. The molecule has 0 unspecified atom stereocenters. The van der Waals surface area contributed by atoms with Gasteiger partial charge in [0.15, 0.2) is 11.5 Å². The topological polar surface area (TPSA) is 74.2 Å². The highest BCUT2D eigenvalue weighted by atomic mass is 16.7. The number of phenols is 1. The molecule has 0 aromatic heterocycles. The maximum absolute atomic E-state index is 11.5. The second-order valence-electron chi connectivity index (χ2n) is 9.93. The van der Waals surface area contributed by atoms with Gasteiger partial charge >= 0.3 is 5.97 Å². The lowest BCUT2D eigenvalue weighted by Crippen LogP contribution is -2.00. The maximum atomic E-state index is 11.5. The summed E-state index contributed by atoms with van der Waals surface area (Å²) in [5.74, 6) is 2.46. The van der Waals surface area contributed by atoms with E-state index >= 15 is 0 Å². The average molecular weight is 657 g/mol. The highest BCUT2D eigenvalue weighted by Crippen LogP contribution is 2.32. The van der Waals surface area contributed by atoms with Crippen LogP contribution in [0.15, 0.2) is 153 Å². The number of phenolic OH excluding ortho intramolecular Hbond substituents is 1. The molecule has 6 rings (SSSR count). The molecule has 0 saturated heterocycles. The van der Waals surface area contributed by atoms with Crippen molar-refractivity contribution < 1.29 is 28.8 Å². The Kier molecular flexibility index (Phi) is 17.7. The van der Waals surface area contributed by atoms with Crippen molar-refractivity contribution in [1.82, 2.24) is 0 Å². The molecule has 0 fully saturated rings. The summed E-state index contributed by atoms with van der Waals surface area (Å²) >= 11 is 0. The Labute approximate surface area is 290 Å². The molecule has 0 amide bonds. The highest BCUT2D eigenvalue weighted by molar-refractivity contribution is 5.87. The number of benzene rings is 5. The first-order valence-electron chi connectivity index (χ1n) is 15.1. The third kappa shape index (κ3) is 14.8. The summed E-state index contributed by atoms with van der Waals surface area (Å²) in [5.41, 5.74) is 5.15. The fourth-order valence-corrected chi connectivity index (χ4v) is 3.90. The van der Waals surface area contributed by atoms with Crippen LogP contribution in [-0.2, 0) is 16.1 Å². The lowest BCUT2D eigenvalue weighted by molar-refractivity contribution is -0.138. The molecule has 1 aliphatic heterocycles. The van der Waals surface area contributed by atoms with Crippen LogP contribution < -0.4 is 14.2 Å². The molecule has 0 bridgehead atoms. The second kappa shape index (κ2) is 22.3. The number of carbonyl (C=O) groups excluding carboxylic acids is 1. The van der Waals surface area contributed by atoms with Gasteiger partial charge in [0.2, 0.25) is 6.79 Å². The van der Waals surface area contributed by atoms with Gasteiger partial charge in [0.25, 0.3) is 0 Å². The monoisotopic (exact) mass is 656 g/mol. The van der Waals surface area contributed by atoms with Crippen LogP contribution in [0.4, 0.5) is 0 Å². The van der Waals surface area contributed by atoms with Crippen LogP contribution in [0.5, 0.6) is 23.0 Å². The van der Waals surface area contributed by atoms with Gasteiger partial charge in [-0.05, 0) is 70.3 Å². The van der Waals surface area contributed by atoms with Gasteiger partial charge in [-0.2, -0.15) is 0 Å². The first-order chi connectivity index (χ1) is 23.4. The van der Waals surface area contributed by atoms with Crippen molar-refractivity contribution in [3.05, 3.63) is 181 Å². The molecule has 5 aromatic carbocycles. The van der Waals surface area contributed by atoms with E-state index in [4.69, 9.17) is 24.1 Å². The van der Waals surface area contributed by atoms with Crippen LogP contribution in [0.1, 0.15) is 35.2 Å². The summed E-state index contributed by atoms with van der Waals surface area (Å²) in [7, 11) is 1.66. The molecule has 252 valence electrons. The van der Waals surface area contributed by atoms with Crippen molar-refractivity contribution in [3.63, 3.8) is 0 Å². The minimum atomic E-state index is -0.331. The quantitative estimate of drug-likeness (QED) is 0.132. The van der Waals surface area contributed by atoms with Gasteiger partial charge in [-0.3, -0.25) is 0 Å². The SMILES string of the molecule is C.C=Cc1ccc(O)cc1.C=Cc1ccc(OC)cc1.C=Cc1ccc2c(c1)OCO2.O=C(/C=C/c1ccccc1)OCc1ccccc1. The number of methoxy groups -OCH3 is 1. The van der Waals surface area contributed by atoms with Crippen molar-refractivity contribution in [3.8, 4) is 23.0 Å². The van der Waals surface area contributed by atoms with Gasteiger partial charge in [-0.1, -0.05) is 136 Å². The molecule has 5 aromatic rings. The number of esters is 1. The van der Waals surface area contributed by atoms with E-state index in [0.29, 0.717) is 19.1 Å². The lowest BCUT2D eigenvalue weighted by atomic mass is 10.2. The third-order valence-electron chi connectivity index (χ3n) is 6.55. The standard InChI is InChI=1S/C16H14O2.C9H8O2.C9H10O.C8H8O.CH4/c17-16(12-11-14-7-3-1-4-8-14)18-13-15-9-5-2-6-10-15;1-2-7-3-4-8-9(5-7)11-6-10-8;1-3-8-4-6-9(10-2)7-5-8;1-2-7-3-5-8(9)6-4-7;/h1-12H,13H2;2-5H,1,6H2;3-7H,1H2,2H3;2-6,9H,1H2;1H4/b12-11+;;;;. The zero-order valence-electron chi connectivity index (χ0n) is 27.0. The van der Waals surface area contributed by atoms with Gasteiger partial charge in [-0.25, -0.2) is 4.79 Å². The third-order valence-corrected chi connectivity index (χ3v) is 6.55. The van der Waals surface area contributed by atoms with E-state index in [0.717, 1.165) is 45.1 Å². The largest absolute Gasteiger partial charge is 0.508 e. The Morgan fingerprint density at radius 3 is 1.80 bits per heavy atom. The summed E-state index contributed by atoms with van der Waals surface area (Å²) in [6.45, 7) is 11.5. The van der Waals surface area contributed by atoms with Crippen molar-refractivity contribution in [2.24, 2.45) is 0 Å². The van der Waals surface area contributed by atoms with Crippen LogP contribution in [0.3, 0.4) is 0 Å². The Morgan fingerprint density at radius 1 is 0.694 bits per heavy atom. The Balaban J connectivity index is 0.000000235. The fraction of sp³-hybridized carbons (Fsp3) is 0.0930. The minimum Gasteiger partial charge on any atom is -0.508 e. The molecular weight excluding hydrogens is 612 g/mol. The number of hydrogen-bond donors (Lipinski definition) is 1. The van der Waals surface area contributed by atoms with Crippen LogP contribution in [-0.4, -0.2) is 25.0 Å². The van der Waals surface area contributed by atoms with Crippen molar-refractivity contribution >= 4 is 30.3 Å². The average Bonchev–Trinajstić information content (AvgIpc) is 3.63. The van der Waals surface area contributed by atoms with Gasteiger partial charge in [0.05, 0.1) is 7.11 Å². The Hall–Kier alpha value is -6.27. The van der Waals surface area contributed by atoms with Crippen LogP contribution >= 0.6 is 0 Å². The van der Waals surface area contributed by atoms with E-state index in [1.54, 1.807) is 43.5 Å². The molecule has 0 aliphatic carbocycles. The van der Waals surface area contributed by atoms with E-state index in [9.17, 15) is 4.79 Å². The van der Waals surface area contributed by atoms with E-state index in [1.807, 2.05) is 115 Å². The predicted molar refractivity (Wildman–Crippen MR) is 202 cm³/mol. The van der Waals surface area contributed by atoms with E-state index in [1.165, 1.54) is 6.08 Å². The first-order valence-corrected chi connectivity index (χ1v) is 15.1. The molecule has 0 saturated carbocycles. The zero-order valence-corrected chi connectivity index (χ0v) is 27.0. The van der Waals surface area contributed by atoms with Gasteiger partial charge < -0.3 is 24.1 Å². The van der Waals surface area contributed by atoms with Crippen LogP contribution in [0.25, 0.3) is 24.3 Å². The predicted octanol–water partition coefficient (Wildman–Crippen LogP) is 10.5. The second-order valence-corrected chi connectivity index (χ2v) is 9.93. The van der Waals surface area contributed by atoms with Gasteiger partial charge in [0, 0.05) is 6.08 Å². The van der Waals surface area contributed by atoms with Crippen molar-refractivity contribution in [1.29, 1.82) is 0 Å². The molecular formula is C43H44O6. The molecule has 1 heterocycles. The molecule has 0 atom stereocenters. The molecule has 6 heteroatoms. The normalized spacial score (nSPS) is 10.2. The van der Waals surface area contributed by atoms with E-state index in [-0.39, 0.29) is 13.4 Å². The fourth-order valence-electron chi connectivity index (χ4n) is 3.90. The Bertz CT molecular complexity index is 1730. The Morgan fingerprint density at radius 2 is 1.22 bits per heavy atom. The number of aromatic hydroxyl groups is 1. The molecule has 1 N–H and O–H groups in total. The summed E-state index contributed by atoms with van der Waals surface area (Å²) in [6.07, 6.45) is 8.51. The minimum absolute atomic E-state index is 0. The van der Waals surface area contributed by atoms with Crippen LogP contribution in [0.2, 0.25) is 0 Å².